The Kier molecular flexibility index (Phi) is 4.79. The topological polar surface area (TPSA) is 29.9 Å². The molecule has 3 aromatic carbocycles. The summed E-state index contributed by atoms with van der Waals surface area (Å²) in [5, 5.41) is 7.95. The summed E-state index contributed by atoms with van der Waals surface area (Å²) in [5.74, 6) is 0.432. The van der Waals surface area contributed by atoms with Crippen LogP contribution in [0.3, 0.4) is 0 Å². The zero-order valence-electron chi connectivity index (χ0n) is 16.4. The van der Waals surface area contributed by atoms with Crippen LogP contribution in [-0.2, 0) is 13.5 Å². The van der Waals surface area contributed by atoms with Gasteiger partial charge in [0.25, 0.3) is 0 Å². The van der Waals surface area contributed by atoms with Gasteiger partial charge in [0.1, 0.15) is 11.6 Å². The number of aromatic nitrogens is 2. The number of anilines is 2. The van der Waals surface area contributed by atoms with Gasteiger partial charge >= 0.3 is 0 Å². The summed E-state index contributed by atoms with van der Waals surface area (Å²) in [6.07, 6.45) is 0.902. The first kappa shape index (κ1) is 19.5. The van der Waals surface area contributed by atoms with Crippen molar-refractivity contribution in [3.63, 3.8) is 0 Å². The molecule has 0 amide bonds. The molecule has 0 radical (unpaired) electrons. The number of benzene rings is 3. The van der Waals surface area contributed by atoms with Gasteiger partial charge in [-0.25, -0.2) is 4.39 Å². The minimum absolute atomic E-state index is 0.320. The van der Waals surface area contributed by atoms with Gasteiger partial charge in [-0.15, -0.1) is 0 Å². The standard InChI is InChI=1S/C24H18Br2FN3/c1-13-21(24(30(2)29-13)28-23-19(26)8-5-9-20(23)27)18-12-16(25)11-15-10-14-6-3-4-7-17(14)22(15)18/h3-9,11-12,28H,10H2,1-2H3. The minimum atomic E-state index is -0.320. The van der Waals surface area contributed by atoms with E-state index in [4.69, 9.17) is 0 Å². The summed E-state index contributed by atoms with van der Waals surface area (Å²) in [6.45, 7) is 1.99. The fraction of sp³-hybridized carbons (Fsp3) is 0.125. The van der Waals surface area contributed by atoms with E-state index in [0.29, 0.717) is 10.2 Å². The van der Waals surface area contributed by atoms with Crippen molar-refractivity contribution in [2.75, 3.05) is 5.32 Å². The Morgan fingerprint density at radius 3 is 2.57 bits per heavy atom. The lowest BCUT2D eigenvalue weighted by Gasteiger charge is -2.15. The molecule has 30 heavy (non-hydrogen) atoms. The molecule has 0 atom stereocenters. The van der Waals surface area contributed by atoms with Crippen LogP contribution in [0.4, 0.5) is 15.9 Å². The third kappa shape index (κ3) is 3.10. The van der Waals surface area contributed by atoms with E-state index >= 15 is 0 Å². The first-order valence-corrected chi connectivity index (χ1v) is 11.2. The van der Waals surface area contributed by atoms with Crippen LogP contribution in [0.25, 0.3) is 22.3 Å². The highest BCUT2D eigenvalue weighted by molar-refractivity contribution is 9.10. The average molecular weight is 527 g/mol. The summed E-state index contributed by atoms with van der Waals surface area (Å²) in [4.78, 5) is 0. The summed E-state index contributed by atoms with van der Waals surface area (Å²) >= 11 is 7.15. The van der Waals surface area contributed by atoms with Crippen LogP contribution in [0.15, 0.2) is 63.5 Å². The van der Waals surface area contributed by atoms with Crippen LogP contribution in [0, 0.1) is 12.7 Å². The third-order valence-corrected chi connectivity index (χ3v) is 6.67. The van der Waals surface area contributed by atoms with Gasteiger partial charge in [-0.1, -0.05) is 46.3 Å². The Morgan fingerprint density at radius 1 is 0.967 bits per heavy atom. The molecule has 1 aliphatic carbocycles. The predicted octanol–water partition coefficient (Wildman–Crippen LogP) is 7.37. The van der Waals surface area contributed by atoms with E-state index in [1.54, 1.807) is 10.7 Å². The second kappa shape index (κ2) is 7.36. The highest BCUT2D eigenvalue weighted by atomic mass is 79.9. The van der Waals surface area contributed by atoms with Gasteiger partial charge < -0.3 is 5.32 Å². The molecule has 1 N–H and O–H groups in total. The van der Waals surface area contributed by atoms with E-state index in [2.05, 4.69) is 78.7 Å². The smallest absolute Gasteiger partial charge is 0.147 e. The fourth-order valence-corrected chi connectivity index (χ4v) is 5.25. The first-order valence-electron chi connectivity index (χ1n) is 9.59. The summed E-state index contributed by atoms with van der Waals surface area (Å²) in [5.41, 5.74) is 8.41. The van der Waals surface area contributed by atoms with E-state index in [1.165, 1.54) is 28.3 Å². The van der Waals surface area contributed by atoms with Crippen molar-refractivity contribution in [1.29, 1.82) is 0 Å². The van der Waals surface area contributed by atoms with E-state index in [9.17, 15) is 4.39 Å². The number of rotatable bonds is 3. The maximum absolute atomic E-state index is 14.6. The number of aryl methyl sites for hydroxylation is 2. The summed E-state index contributed by atoms with van der Waals surface area (Å²) in [6, 6.07) is 17.8. The Balaban J connectivity index is 1.75. The van der Waals surface area contributed by atoms with Gasteiger partial charge in [0, 0.05) is 21.6 Å². The van der Waals surface area contributed by atoms with Crippen LogP contribution in [0.1, 0.15) is 16.8 Å². The molecule has 3 nitrogen and oxygen atoms in total. The van der Waals surface area contributed by atoms with Crippen molar-refractivity contribution >= 4 is 43.4 Å². The Labute approximate surface area is 191 Å². The number of halogens is 3. The lowest BCUT2D eigenvalue weighted by Crippen LogP contribution is -2.03. The molecule has 0 saturated carbocycles. The van der Waals surface area contributed by atoms with Gasteiger partial charge in [-0.2, -0.15) is 5.10 Å². The quantitative estimate of drug-likeness (QED) is 0.266. The lowest BCUT2D eigenvalue weighted by atomic mass is 9.94. The van der Waals surface area contributed by atoms with Crippen LogP contribution < -0.4 is 5.32 Å². The molecular formula is C24H18Br2FN3. The van der Waals surface area contributed by atoms with Crippen LogP contribution >= 0.6 is 31.9 Å². The molecular weight excluding hydrogens is 509 g/mol. The number of hydrogen-bond acceptors (Lipinski definition) is 2. The van der Waals surface area contributed by atoms with E-state index in [1.807, 2.05) is 20.0 Å². The van der Waals surface area contributed by atoms with Gasteiger partial charge in [-0.05, 0) is 81.4 Å². The molecule has 1 aliphatic rings. The first-order chi connectivity index (χ1) is 14.4. The van der Waals surface area contributed by atoms with Gasteiger partial charge in [0.15, 0.2) is 0 Å². The van der Waals surface area contributed by atoms with Crippen molar-refractivity contribution in [1.82, 2.24) is 9.78 Å². The number of hydrogen-bond donors (Lipinski definition) is 1. The van der Waals surface area contributed by atoms with Gasteiger partial charge in [0.2, 0.25) is 0 Å². The molecule has 0 unspecified atom stereocenters. The monoisotopic (exact) mass is 525 g/mol. The van der Waals surface area contributed by atoms with Crippen molar-refractivity contribution in [2.24, 2.45) is 7.05 Å². The van der Waals surface area contributed by atoms with Gasteiger partial charge in [-0.3, -0.25) is 4.68 Å². The zero-order chi connectivity index (χ0) is 21.0. The zero-order valence-corrected chi connectivity index (χ0v) is 19.6. The molecule has 0 aliphatic heterocycles. The highest BCUT2D eigenvalue weighted by Gasteiger charge is 2.27. The molecule has 5 rings (SSSR count). The SMILES string of the molecule is Cc1nn(C)c(Nc2c(F)cccc2Br)c1-c1cc(Br)cc2c1-c1ccccc1C2. The van der Waals surface area contributed by atoms with Crippen molar-refractivity contribution in [3.05, 3.63) is 86.2 Å². The normalized spacial score (nSPS) is 12.0. The Hall–Kier alpha value is -2.44. The van der Waals surface area contributed by atoms with Crippen molar-refractivity contribution in [2.45, 2.75) is 13.3 Å². The molecule has 4 aromatic rings. The van der Waals surface area contributed by atoms with Crippen LogP contribution in [0.2, 0.25) is 0 Å². The molecule has 0 fully saturated rings. The maximum Gasteiger partial charge on any atom is 0.147 e. The third-order valence-electron chi connectivity index (χ3n) is 5.55. The average Bonchev–Trinajstić information content (AvgIpc) is 3.20. The molecule has 150 valence electrons. The van der Waals surface area contributed by atoms with E-state index in [0.717, 1.165) is 33.5 Å². The molecule has 0 bridgehead atoms. The predicted molar refractivity (Wildman–Crippen MR) is 127 cm³/mol. The summed E-state index contributed by atoms with van der Waals surface area (Å²) in [7, 11) is 1.87. The van der Waals surface area contributed by atoms with Crippen LogP contribution in [0.5, 0.6) is 0 Å². The number of nitrogens with zero attached hydrogens (tertiary/aromatic N) is 2. The lowest BCUT2D eigenvalue weighted by molar-refractivity contribution is 0.630. The number of nitrogens with one attached hydrogen (secondary N) is 1. The van der Waals surface area contributed by atoms with Gasteiger partial charge in [0.05, 0.1) is 11.4 Å². The molecule has 6 heteroatoms. The number of para-hydroxylation sites is 1. The number of fused-ring (bicyclic) bond motifs is 3. The Morgan fingerprint density at radius 2 is 1.77 bits per heavy atom. The minimum Gasteiger partial charge on any atom is -0.337 e. The molecule has 0 spiro atoms. The Bertz CT molecular complexity index is 1290. The fourth-order valence-electron chi connectivity index (χ4n) is 4.30. The highest BCUT2D eigenvalue weighted by Crippen LogP contribution is 2.47. The maximum atomic E-state index is 14.6. The van der Waals surface area contributed by atoms with Crippen LogP contribution in [-0.4, -0.2) is 9.78 Å². The van der Waals surface area contributed by atoms with E-state index in [-0.39, 0.29) is 5.82 Å². The molecule has 1 heterocycles. The second-order valence-electron chi connectivity index (χ2n) is 7.48. The van der Waals surface area contributed by atoms with Crippen molar-refractivity contribution < 1.29 is 4.39 Å². The van der Waals surface area contributed by atoms with E-state index < -0.39 is 0 Å². The largest absolute Gasteiger partial charge is 0.337 e. The molecule has 1 aromatic heterocycles. The second-order valence-corrected chi connectivity index (χ2v) is 9.25. The van der Waals surface area contributed by atoms with Crippen molar-refractivity contribution in [3.8, 4) is 22.3 Å². The summed E-state index contributed by atoms with van der Waals surface area (Å²) < 4.78 is 18.0. The molecule has 0 saturated heterocycles.